The predicted octanol–water partition coefficient (Wildman–Crippen LogP) is 0.773. The van der Waals surface area contributed by atoms with Crippen molar-refractivity contribution < 1.29 is 8.42 Å². The summed E-state index contributed by atoms with van der Waals surface area (Å²) in [5.74, 6) is 0. The quantitative estimate of drug-likeness (QED) is 0.674. The van der Waals surface area contributed by atoms with Crippen molar-refractivity contribution in [3.05, 3.63) is 0 Å². The van der Waals surface area contributed by atoms with Gasteiger partial charge in [0.25, 0.3) is 0 Å². The Hall–Kier alpha value is 0.260. The molecule has 0 amide bonds. The van der Waals surface area contributed by atoms with Gasteiger partial charge in [-0.2, -0.15) is 11.8 Å². The highest BCUT2D eigenvalue weighted by molar-refractivity contribution is 7.99. The second-order valence-corrected chi connectivity index (χ2v) is 6.22. The molecule has 0 atom stereocenters. The van der Waals surface area contributed by atoms with Crippen LogP contribution in [0.15, 0.2) is 0 Å². The lowest BCUT2D eigenvalue weighted by molar-refractivity contribution is 0.355. The van der Waals surface area contributed by atoms with Gasteiger partial charge in [-0.15, -0.1) is 0 Å². The van der Waals surface area contributed by atoms with Gasteiger partial charge < -0.3 is 0 Å². The van der Waals surface area contributed by atoms with Crippen molar-refractivity contribution in [1.29, 1.82) is 0 Å². The molecule has 1 saturated heterocycles. The molecule has 0 unspecified atom stereocenters. The smallest absolute Gasteiger partial charge is 0.211 e. The Labute approximate surface area is 78.6 Å². The largest absolute Gasteiger partial charge is 0.213 e. The molecule has 0 radical (unpaired) electrons. The third kappa shape index (κ3) is 2.64. The van der Waals surface area contributed by atoms with E-state index in [1.54, 1.807) is 4.31 Å². The number of hydrogen-bond acceptors (Lipinski definition) is 3. The minimum atomic E-state index is -2.93. The summed E-state index contributed by atoms with van der Waals surface area (Å²) >= 11 is 1.84. The third-order valence-corrected chi connectivity index (χ3v) is 4.64. The Morgan fingerprint density at radius 2 is 1.83 bits per heavy atom. The molecule has 0 bridgehead atoms. The number of piperidine rings is 1. The molecule has 1 aliphatic rings. The molecule has 5 heteroatoms. The number of nitrogens with zero attached hydrogens (tertiary/aromatic N) is 1. The summed E-state index contributed by atoms with van der Waals surface area (Å²) in [6, 6.07) is 0. The summed E-state index contributed by atoms with van der Waals surface area (Å²) in [7, 11) is -2.93. The average molecular weight is 209 g/mol. The first-order valence-corrected chi connectivity index (χ1v) is 7.15. The van der Waals surface area contributed by atoms with Crippen molar-refractivity contribution in [2.75, 3.05) is 25.6 Å². The van der Waals surface area contributed by atoms with Crippen LogP contribution in [0.1, 0.15) is 12.8 Å². The highest BCUT2D eigenvalue weighted by Crippen LogP contribution is 2.21. The first-order valence-electron chi connectivity index (χ1n) is 4.02. The summed E-state index contributed by atoms with van der Waals surface area (Å²) in [6.45, 7) is 1.40. The Morgan fingerprint density at radius 1 is 1.33 bits per heavy atom. The fourth-order valence-corrected chi connectivity index (χ4v) is 2.96. The molecule has 12 heavy (non-hydrogen) atoms. The topological polar surface area (TPSA) is 37.4 Å². The fraction of sp³-hybridized carbons (Fsp3) is 1.00. The summed E-state index contributed by atoms with van der Waals surface area (Å²) in [6.07, 6.45) is 5.36. The molecule has 0 aliphatic carbocycles. The van der Waals surface area contributed by atoms with Gasteiger partial charge >= 0.3 is 0 Å². The van der Waals surface area contributed by atoms with Crippen LogP contribution in [0.25, 0.3) is 0 Å². The van der Waals surface area contributed by atoms with Crippen molar-refractivity contribution in [3.8, 4) is 0 Å². The van der Waals surface area contributed by atoms with Crippen LogP contribution in [-0.2, 0) is 10.0 Å². The molecule has 0 saturated carbocycles. The van der Waals surface area contributed by atoms with E-state index in [0.29, 0.717) is 18.3 Å². The Balaban J connectivity index is 2.47. The molecule has 0 aromatic carbocycles. The molecule has 0 aromatic heterocycles. The van der Waals surface area contributed by atoms with E-state index in [9.17, 15) is 8.42 Å². The van der Waals surface area contributed by atoms with Crippen LogP contribution in [0.3, 0.4) is 0 Å². The van der Waals surface area contributed by atoms with E-state index in [2.05, 4.69) is 6.26 Å². The lowest BCUT2D eigenvalue weighted by Gasteiger charge is -2.28. The van der Waals surface area contributed by atoms with Crippen LogP contribution in [0.2, 0.25) is 0 Å². The van der Waals surface area contributed by atoms with Gasteiger partial charge in [0, 0.05) is 18.3 Å². The molecule has 3 nitrogen and oxygen atoms in total. The Kier molecular flexibility index (Phi) is 3.43. The lowest BCUT2D eigenvalue weighted by atomic mass is 10.2. The van der Waals surface area contributed by atoms with Gasteiger partial charge in [0.2, 0.25) is 10.0 Å². The van der Waals surface area contributed by atoms with E-state index in [1.807, 2.05) is 11.8 Å². The second kappa shape index (κ2) is 3.98. The highest BCUT2D eigenvalue weighted by Gasteiger charge is 2.23. The van der Waals surface area contributed by atoms with Crippen molar-refractivity contribution >= 4 is 21.8 Å². The van der Waals surface area contributed by atoms with Gasteiger partial charge in [-0.05, 0) is 19.1 Å². The monoisotopic (exact) mass is 209 g/mol. The Morgan fingerprint density at radius 3 is 2.17 bits per heavy atom. The summed E-state index contributed by atoms with van der Waals surface area (Å²) in [5.41, 5.74) is 0. The SMILES string of the molecule is CSC1CCN(S(C)(=O)=O)CC1. The van der Waals surface area contributed by atoms with Gasteiger partial charge in [0.15, 0.2) is 0 Å². The lowest BCUT2D eigenvalue weighted by Crippen LogP contribution is -2.38. The molecule has 1 aliphatic heterocycles. The minimum absolute atomic E-state index is 0.656. The van der Waals surface area contributed by atoms with Crippen LogP contribution in [0.5, 0.6) is 0 Å². The minimum Gasteiger partial charge on any atom is -0.213 e. The predicted molar refractivity (Wildman–Crippen MR) is 53.0 cm³/mol. The van der Waals surface area contributed by atoms with Gasteiger partial charge in [-0.1, -0.05) is 0 Å². The van der Waals surface area contributed by atoms with Crippen molar-refractivity contribution in [2.45, 2.75) is 18.1 Å². The van der Waals surface area contributed by atoms with Crippen LogP contribution in [0, 0.1) is 0 Å². The van der Waals surface area contributed by atoms with Crippen molar-refractivity contribution in [2.24, 2.45) is 0 Å². The maximum Gasteiger partial charge on any atom is 0.211 e. The summed E-state index contributed by atoms with van der Waals surface area (Å²) in [4.78, 5) is 0. The molecule has 1 fully saturated rings. The second-order valence-electron chi connectivity index (χ2n) is 3.10. The zero-order chi connectivity index (χ0) is 9.19. The zero-order valence-corrected chi connectivity index (χ0v) is 9.12. The number of hydrogen-bond donors (Lipinski definition) is 0. The number of sulfonamides is 1. The van der Waals surface area contributed by atoms with Crippen molar-refractivity contribution in [1.82, 2.24) is 4.31 Å². The maximum absolute atomic E-state index is 11.1. The van der Waals surface area contributed by atoms with E-state index >= 15 is 0 Å². The number of thioether (sulfide) groups is 1. The van der Waals surface area contributed by atoms with Gasteiger partial charge in [0.1, 0.15) is 0 Å². The van der Waals surface area contributed by atoms with Crippen LogP contribution in [-0.4, -0.2) is 43.6 Å². The summed E-state index contributed by atoms with van der Waals surface area (Å²) in [5, 5.41) is 0.656. The molecule has 72 valence electrons. The van der Waals surface area contributed by atoms with Crippen LogP contribution >= 0.6 is 11.8 Å². The van der Waals surface area contributed by atoms with E-state index in [1.165, 1.54) is 6.26 Å². The Bertz CT molecular complexity index is 230. The molecular weight excluding hydrogens is 194 g/mol. The molecular formula is C7H15NO2S2. The van der Waals surface area contributed by atoms with Crippen molar-refractivity contribution in [3.63, 3.8) is 0 Å². The summed E-state index contributed by atoms with van der Waals surface area (Å²) < 4.78 is 23.8. The van der Waals surface area contributed by atoms with Gasteiger partial charge in [-0.3, -0.25) is 0 Å². The van der Waals surface area contributed by atoms with Crippen LogP contribution in [0.4, 0.5) is 0 Å². The maximum atomic E-state index is 11.1. The average Bonchev–Trinajstić information content (AvgIpc) is 2.03. The van der Waals surface area contributed by atoms with E-state index in [0.717, 1.165) is 12.8 Å². The first kappa shape index (κ1) is 10.3. The molecule has 0 N–H and O–H groups in total. The molecule has 0 spiro atoms. The standard InChI is InChI=1S/C7H15NO2S2/c1-11-7-3-5-8(6-4-7)12(2,9)10/h7H,3-6H2,1-2H3. The first-order chi connectivity index (χ1) is 5.54. The third-order valence-electron chi connectivity index (χ3n) is 2.20. The molecule has 0 aromatic rings. The zero-order valence-electron chi connectivity index (χ0n) is 7.49. The van der Waals surface area contributed by atoms with E-state index < -0.39 is 10.0 Å². The van der Waals surface area contributed by atoms with E-state index in [4.69, 9.17) is 0 Å². The molecule has 1 heterocycles. The fourth-order valence-electron chi connectivity index (χ4n) is 1.40. The van der Waals surface area contributed by atoms with Gasteiger partial charge in [-0.25, -0.2) is 12.7 Å². The molecule has 1 rings (SSSR count). The van der Waals surface area contributed by atoms with E-state index in [-0.39, 0.29) is 0 Å². The highest BCUT2D eigenvalue weighted by atomic mass is 32.2. The van der Waals surface area contributed by atoms with Crippen LogP contribution < -0.4 is 0 Å². The normalized spacial score (nSPS) is 22.8. The van der Waals surface area contributed by atoms with Gasteiger partial charge in [0.05, 0.1) is 6.26 Å². The number of rotatable bonds is 2.